The lowest BCUT2D eigenvalue weighted by Crippen LogP contribution is -2.60. The summed E-state index contributed by atoms with van der Waals surface area (Å²) in [6.07, 6.45) is 5.48. The first-order chi connectivity index (χ1) is 7.49. The summed E-state index contributed by atoms with van der Waals surface area (Å²) >= 11 is 0. The van der Waals surface area contributed by atoms with E-state index in [1.165, 1.54) is 0 Å². The number of nitrogen functional groups attached to an aromatic ring is 1. The van der Waals surface area contributed by atoms with Gasteiger partial charge in [-0.3, -0.25) is 0 Å². The molecule has 0 saturated heterocycles. The van der Waals surface area contributed by atoms with Crippen LogP contribution in [0.25, 0.3) is 5.57 Å². The number of allylic oxidation sites excluding steroid dienone is 2. The Morgan fingerprint density at radius 1 is 1.06 bits per heavy atom. The van der Waals surface area contributed by atoms with Crippen LogP contribution in [0.15, 0.2) is 42.5 Å². The lowest BCUT2D eigenvalue weighted by molar-refractivity contribution is 0.490. The van der Waals surface area contributed by atoms with Crippen LogP contribution in [0.3, 0.4) is 0 Å². The number of nitrogens with two attached hydrogens (primary N) is 4. The standard InChI is InChI=1S/C12H16N4/c13-10-3-1-8(2-4-10)9-5-6-12(15,16)11(14)7-9/h1-7,11H,13-16H2. The molecule has 1 aromatic rings. The summed E-state index contributed by atoms with van der Waals surface area (Å²) in [6.45, 7) is 0. The summed E-state index contributed by atoms with van der Waals surface area (Å²) < 4.78 is 0. The minimum absolute atomic E-state index is 0.384. The molecule has 4 nitrogen and oxygen atoms in total. The fourth-order valence-corrected chi connectivity index (χ4v) is 1.61. The van der Waals surface area contributed by atoms with E-state index in [0.717, 1.165) is 16.8 Å². The first-order valence-electron chi connectivity index (χ1n) is 5.09. The number of anilines is 1. The Kier molecular flexibility index (Phi) is 2.55. The smallest absolute Gasteiger partial charge is 0.102 e. The number of hydrogen-bond donors (Lipinski definition) is 4. The van der Waals surface area contributed by atoms with Crippen molar-refractivity contribution in [3.05, 3.63) is 48.1 Å². The van der Waals surface area contributed by atoms with E-state index in [4.69, 9.17) is 22.9 Å². The summed E-state index contributed by atoms with van der Waals surface area (Å²) in [7, 11) is 0. The van der Waals surface area contributed by atoms with E-state index in [9.17, 15) is 0 Å². The van der Waals surface area contributed by atoms with Crippen LogP contribution in [0, 0.1) is 0 Å². The predicted octanol–water partition coefficient (Wildman–Crippen LogP) is 0.163. The van der Waals surface area contributed by atoms with Crippen molar-refractivity contribution in [3.8, 4) is 0 Å². The topological polar surface area (TPSA) is 104 Å². The highest BCUT2D eigenvalue weighted by Gasteiger charge is 2.26. The molecule has 0 aliphatic heterocycles. The maximum absolute atomic E-state index is 5.87. The monoisotopic (exact) mass is 216 g/mol. The Morgan fingerprint density at radius 2 is 1.69 bits per heavy atom. The Morgan fingerprint density at radius 3 is 2.25 bits per heavy atom. The van der Waals surface area contributed by atoms with Crippen LogP contribution in [0.5, 0.6) is 0 Å². The molecule has 0 fully saturated rings. The Balaban J connectivity index is 2.31. The minimum atomic E-state index is -0.961. The van der Waals surface area contributed by atoms with Crippen molar-refractivity contribution in [2.24, 2.45) is 17.2 Å². The molecule has 0 spiro atoms. The van der Waals surface area contributed by atoms with E-state index < -0.39 is 5.66 Å². The minimum Gasteiger partial charge on any atom is -0.399 e. The molecule has 2 rings (SSSR count). The highest BCUT2D eigenvalue weighted by Crippen LogP contribution is 2.23. The van der Waals surface area contributed by atoms with Crippen molar-refractivity contribution in [1.29, 1.82) is 0 Å². The Labute approximate surface area is 94.6 Å². The molecule has 0 radical (unpaired) electrons. The van der Waals surface area contributed by atoms with Crippen molar-refractivity contribution >= 4 is 11.3 Å². The number of hydrogen-bond acceptors (Lipinski definition) is 4. The first kappa shape index (κ1) is 10.9. The molecule has 0 bridgehead atoms. The quantitative estimate of drug-likeness (QED) is 0.396. The molecule has 0 aromatic heterocycles. The van der Waals surface area contributed by atoms with Crippen molar-refractivity contribution < 1.29 is 0 Å². The van der Waals surface area contributed by atoms with Crippen LogP contribution in [0.1, 0.15) is 5.56 Å². The van der Waals surface area contributed by atoms with Gasteiger partial charge in [-0.2, -0.15) is 0 Å². The van der Waals surface area contributed by atoms with E-state index in [2.05, 4.69) is 0 Å². The van der Waals surface area contributed by atoms with Gasteiger partial charge in [0.05, 0.1) is 6.04 Å². The molecule has 84 valence electrons. The summed E-state index contributed by atoms with van der Waals surface area (Å²) in [5.74, 6) is 0. The maximum atomic E-state index is 5.87. The lowest BCUT2D eigenvalue weighted by atomic mass is 9.90. The zero-order valence-corrected chi connectivity index (χ0v) is 8.93. The van der Waals surface area contributed by atoms with Gasteiger partial charge in [0.1, 0.15) is 5.66 Å². The van der Waals surface area contributed by atoms with Gasteiger partial charge in [-0.15, -0.1) is 0 Å². The maximum Gasteiger partial charge on any atom is 0.102 e. The van der Waals surface area contributed by atoms with Gasteiger partial charge < -0.3 is 22.9 Å². The van der Waals surface area contributed by atoms with Crippen LogP contribution in [-0.2, 0) is 0 Å². The zero-order chi connectivity index (χ0) is 11.8. The van der Waals surface area contributed by atoms with Gasteiger partial charge in [0.15, 0.2) is 0 Å². The molecular formula is C12H16N4. The van der Waals surface area contributed by atoms with Gasteiger partial charge >= 0.3 is 0 Å². The summed E-state index contributed by atoms with van der Waals surface area (Å²) in [6, 6.07) is 7.20. The molecular weight excluding hydrogens is 200 g/mol. The van der Waals surface area contributed by atoms with Crippen molar-refractivity contribution in [2.45, 2.75) is 11.7 Å². The molecule has 0 amide bonds. The second kappa shape index (κ2) is 3.75. The summed E-state index contributed by atoms with van der Waals surface area (Å²) in [4.78, 5) is 0. The molecule has 1 aliphatic rings. The fourth-order valence-electron chi connectivity index (χ4n) is 1.61. The van der Waals surface area contributed by atoms with Crippen LogP contribution in [0.4, 0.5) is 5.69 Å². The van der Waals surface area contributed by atoms with Crippen LogP contribution in [-0.4, -0.2) is 11.7 Å². The molecule has 0 saturated carbocycles. The third-order valence-corrected chi connectivity index (χ3v) is 2.73. The highest BCUT2D eigenvalue weighted by atomic mass is 15.0. The van der Waals surface area contributed by atoms with Gasteiger partial charge in [0.2, 0.25) is 0 Å². The first-order valence-corrected chi connectivity index (χ1v) is 5.09. The largest absolute Gasteiger partial charge is 0.399 e. The van der Waals surface area contributed by atoms with Crippen molar-refractivity contribution in [2.75, 3.05) is 5.73 Å². The Bertz CT molecular complexity index is 443. The third-order valence-electron chi connectivity index (χ3n) is 2.73. The van der Waals surface area contributed by atoms with Crippen LogP contribution < -0.4 is 22.9 Å². The van der Waals surface area contributed by atoms with Crippen LogP contribution in [0.2, 0.25) is 0 Å². The van der Waals surface area contributed by atoms with Crippen molar-refractivity contribution in [1.82, 2.24) is 0 Å². The van der Waals surface area contributed by atoms with E-state index in [0.29, 0.717) is 0 Å². The zero-order valence-electron chi connectivity index (χ0n) is 8.93. The van der Waals surface area contributed by atoms with Gasteiger partial charge in [-0.05, 0) is 29.3 Å². The molecule has 8 N–H and O–H groups in total. The summed E-state index contributed by atoms with van der Waals surface area (Å²) in [5, 5.41) is 0. The van der Waals surface area contributed by atoms with E-state index in [1.54, 1.807) is 6.08 Å². The summed E-state index contributed by atoms with van der Waals surface area (Å²) in [5.41, 5.74) is 24.9. The molecule has 1 atom stereocenters. The fraction of sp³-hybridized carbons (Fsp3) is 0.167. The van der Waals surface area contributed by atoms with Gasteiger partial charge in [0, 0.05) is 5.69 Å². The Hall–Kier alpha value is -1.62. The number of rotatable bonds is 1. The lowest BCUT2D eigenvalue weighted by Gasteiger charge is -2.29. The second-order valence-electron chi connectivity index (χ2n) is 4.10. The van der Waals surface area contributed by atoms with E-state index in [-0.39, 0.29) is 6.04 Å². The number of benzene rings is 1. The SMILES string of the molecule is Nc1ccc(C2=CC(N)C(N)(N)C=C2)cc1. The van der Waals surface area contributed by atoms with Crippen molar-refractivity contribution in [3.63, 3.8) is 0 Å². The van der Waals surface area contributed by atoms with Gasteiger partial charge in [-0.1, -0.05) is 24.3 Å². The van der Waals surface area contributed by atoms with E-state index >= 15 is 0 Å². The average molecular weight is 216 g/mol. The molecule has 1 aliphatic carbocycles. The normalized spacial score (nSPS) is 22.9. The average Bonchev–Trinajstić information content (AvgIpc) is 2.24. The van der Waals surface area contributed by atoms with Gasteiger partial charge in [-0.25, -0.2) is 0 Å². The predicted molar refractivity (Wildman–Crippen MR) is 67.1 cm³/mol. The van der Waals surface area contributed by atoms with Crippen LogP contribution >= 0.6 is 0 Å². The van der Waals surface area contributed by atoms with Gasteiger partial charge in [0.25, 0.3) is 0 Å². The molecule has 0 heterocycles. The molecule has 16 heavy (non-hydrogen) atoms. The molecule has 1 unspecified atom stereocenters. The van der Waals surface area contributed by atoms with E-state index in [1.807, 2.05) is 36.4 Å². The second-order valence-corrected chi connectivity index (χ2v) is 4.10. The molecule has 1 aromatic carbocycles. The third kappa shape index (κ3) is 1.99. The molecule has 4 heteroatoms. The highest BCUT2D eigenvalue weighted by molar-refractivity contribution is 5.77.